The van der Waals surface area contributed by atoms with Crippen LogP contribution < -0.4 is 0 Å². The zero-order valence-corrected chi connectivity index (χ0v) is 9.43. The number of hydrogen-bond acceptors (Lipinski definition) is 3. The molecule has 0 spiro atoms. The van der Waals surface area contributed by atoms with E-state index in [0.29, 0.717) is 5.69 Å². The van der Waals surface area contributed by atoms with Gasteiger partial charge in [-0.25, -0.2) is 19.0 Å². The molecule has 4 nitrogen and oxygen atoms in total. The highest BCUT2D eigenvalue weighted by molar-refractivity contribution is 14.1. The second-order valence-corrected chi connectivity index (χ2v) is 3.95. The molecule has 0 aliphatic carbocycles. The fourth-order valence-corrected chi connectivity index (χ4v) is 1.41. The fourth-order valence-electron chi connectivity index (χ4n) is 1.02. The molecule has 0 amide bonds. The van der Waals surface area contributed by atoms with Crippen molar-refractivity contribution in [1.29, 1.82) is 0 Å². The predicted molar refractivity (Wildman–Crippen MR) is 56.6 cm³/mol. The molecule has 0 saturated carbocycles. The maximum Gasteiger partial charge on any atom is 0.193 e. The summed E-state index contributed by atoms with van der Waals surface area (Å²) in [5, 5.41) is 3.97. The summed E-state index contributed by atoms with van der Waals surface area (Å²) in [6.45, 7) is 1.59. The van der Waals surface area contributed by atoms with Crippen molar-refractivity contribution in [2.24, 2.45) is 0 Å². The van der Waals surface area contributed by atoms with Crippen molar-refractivity contribution in [1.82, 2.24) is 19.7 Å². The number of aromatic nitrogens is 4. The zero-order chi connectivity index (χ0) is 10.1. The van der Waals surface area contributed by atoms with Crippen molar-refractivity contribution in [3.8, 4) is 5.82 Å². The summed E-state index contributed by atoms with van der Waals surface area (Å²) in [6.07, 6.45) is 4.66. The molecule has 0 atom stereocenters. The van der Waals surface area contributed by atoms with Gasteiger partial charge in [0, 0.05) is 6.20 Å². The predicted octanol–water partition coefficient (Wildman–Crippen LogP) is 1.71. The molecule has 0 aromatic carbocycles. The van der Waals surface area contributed by atoms with E-state index in [0.717, 1.165) is 3.57 Å². The summed E-state index contributed by atoms with van der Waals surface area (Å²) in [5.74, 6) is -0.257. The van der Waals surface area contributed by atoms with E-state index in [9.17, 15) is 4.39 Å². The van der Waals surface area contributed by atoms with Crippen molar-refractivity contribution in [3.05, 3.63) is 33.8 Å². The third kappa shape index (κ3) is 1.61. The molecule has 0 aliphatic rings. The van der Waals surface area contributed by atoms with E-state index in [1.807, 2.05) is 0 Å². The largest absolute Gasteiger partial charge is 0.238 e. The molecule has 0 aliphatic heterocycles. The molecule has 2 aromatic rings. The molecular formula is C8H6FIN4. The van der Waals surface area contributed by atoms with Gasteiger partial charge in [0.25, 0.3) is 0 Å². The Bertz CT molecular complexity index is 468. The van der Waals surface area contributed by atoms with Crippen LogP contribution in [0, 0.1) is 16.3 Å². The molecule has 14 heavy (non-hydrogen) atoms. The minimum Gasteiger partial charge on any atom is -0.238 e. The van der Waals surface area contributed by atoms with Crippen LogP contribution in [0.1, 0.15) is 5.69 Å². The normalized spacial score (nSPS) is 10.5. The molecule has 2 heterocycles. The maximum atomic E-state index is 13.5. The standard InChI is InChI=1S/C8H6FIN4/c1-5-7(9)8(12-4-11-5)14-3-6(10)2-13-14/h2-4H,1H3. The molecule has 0 radical (unpaired) electrons. The van der Waals surface area contributed by atoms with Gasteiger partial charge in [-0.05, 0) is 29.5 Å². The molecule has 0 fully saturated rings. The van der Waals surface area contributed by atoms with Gasteiger partial charge in [-0.15, -0.1) is 0 Å². The van der Waals surface area contributed by atoms with Crippen molar-refractivity contribution >= 4 is 22.6 Å². The number of halogens is 2. The minimum atomic E-state index is -0.438. The lowest BCUT2D eigenvalue weighted by Crippen LogP contribution is -2.04. The highest BCUT2D eigenvalue weighted by Gasteiger charge is 2.10. The highest BCUT2D eigenvalue weighted by Crippen LogP contribution is 2.12. The van der Waals surface area contributed by atoms with Crippen molar-refractivity contribution < 1.29 is 4.39 Å². The average molecular weight is 304 g/mol. The maximum absolute atomic E-state index is 13.5. The quantitative estimate of drug-likeness (QED) is 0.753. The molecule has 0 unspecified atom stereocenters. The van der Waals surface area contributed by atoms with Crippen molar-refractivity contribution in [2.45, 2.75) is 6.92 Å². The van der Waals surface area contributed by atoms with E-state index in [4.69, 9.17) is 0 Å². The Kier molecular flexibility index (Phi) is 2.44. The van der Waals surface area contributed by atoms with Crippen molar-refractivity contribution in [2.75, 3.05) is 0 Å². The van der Waals surface area contributed by atoms with Gasteiger partial charge in [0.15, 0.2) is 11.6 Å². The lowest BCUT2D eigenvalue weighted by Gasteiger charge is -2.02. The SMILES string of the molecule is Cc1ncnc(-n2cc(I)cn2)c1F. The molecular weight excluding hydrogens is 298 g/mol. The first-order chi connectivity index (χ1) is 6.68. The molecule has 0 saturated heterocycles. The lowest BCUT2D eigenvalue weighted by molar-refractivity contribution is 0.581. The number of rotatable bonds is 1. The second kappa shape index (κ2) is 3.60. The van der Waals surface area contributed by atoms with Gasteiger partial charge in [0.1, 0.15) is 6.33 Å². The molecule has 6 heteroatoms. The Balaban J connectivity index is 2.57. The lowest BCUT2D eigenvalue weighted by atomic mass is 10.4. The van der Waals surface area contributed by atoms with Crippen LogP contribution in [0.5, 0.6) is 0 Å². The van der Waals surface area contributed by atoms with Crippen LogP contribution in [0.15, 0.2) is 18.7 Å². The van der Waals surface area contributed by atoms with Gasteiger partial charge < -0.3 is 0 Å². The summed E-state index contributed by atoms with van der Waals surface area (Å²) in [6, 6.07) is 0. The fraction of sp³-hybridized carbons (Fsp3) is 0.125. The summed E-state index contributed by atoms with van der Waals surface area (Å²) < 4.78 is 15.8. The van der Waals surface area contributed by atoms with Crippen LogP contribution in [0.4, 0.5) is 4.39 Å². The number of nitrogens with zero attached hydrogens (tertiary/aromatic N) is 4. The Morgan fingerprint density at radius 1 is 1.43 bits per heavy atom. The van der Waals surface area contributed by atoms with Crippen molar-refractivity contribution in [3.63, 3.8) is 0 Å². The van der Waals surface area contributed by atoms with Gasteiger partial charge in [0.2, 0.25) is 0 Å². The summed E-state index contributed by atoms with van der Waals surface area (Å²) >= 11 is 2.10. The van der Waals surface area contributed by atoms with Crippen LogP contribution in [-0.4, -0.2) is 19.7 Å². The smallest absolute Gasteiger partial charge is 0.193 e. The molecule has 2 aromatic heterocycles. The number of hydrogen-bond donors (Lipinski definition) is 0. The van der Waals surface area contributed by atoms with Crippen LogP contribution in [0.25, 0.3) is 5.82 Å². The van der Waals surface area contributed by atoms with Gasteiger partial charge in [-0.1, -0.05) is 0 Å². The van der Waals surface area contributed by atoms with Gasteiger partial charge in [-0.3, -0.25) is 0 Å². The van der Waals surface area contributed by atoms with Gasteiger partial charge >= 0.3 is 0 Å². The third-order valence-electron chi connectivity index (χ3n) is 1.71. The monoisotopic (exact) mass is 304 g/mol. The first-order valence-corrected chi connectivity index (χ1v) is 4.94. The summed E-state index contributed by atoms with van der Waals surface area (Å²) in [5.41, 5.74) is 0.320. The van der Waals surface area contributed by atoms with Crippen LogP contribution in [-0.2, 0) is 0 Å². The first kappa shape index (κ1) is 9.50. The van der Waals surface area contributed by atoms with Crippen LogP contribution in [0.3, 0.4) is 0 Å². The number of aryl methyl sites for hydroxylation is 1. The van der Waals surface area contributed by atoms with E-state index in [1.165, 1.54) is 11.0 Å². The topological polar surface area (TPSA) is 43.6 Å². The van der Waals surface area contributed by atoms with E-state index in [2.05, 4.69) is 37.7 Å². The summed E-state index contributed by atoms with van der Waals surface area (Å²) in [4.78, 5) is 7.58. The first-order valence-electron chi connectivity index (χ1n) is 3.86. The Hall–Kier alpha value is -1.05. The molecule has 2 rings (SSSR count). The molecule has 0 N–H and O–H groups in total. The minimum absolute atomic E-state index is 0.181. The Morgan fingerprint density at radius 3 is 2.86 bits per heavy atom. The highest BCUT2D eigenvalue weighted by atomic mass is 127. The molecule has 72 valence electrons. The van der Waals surface area contributed by atoms with E-state index in [1.54, 1.807) is 19.3 Å². The molecule has 0 bridgehead atoms. The van der Waals surface area contributed by atoms with Crippen LogP contribution >= 0.6 is 22.6 Å². The van der Waals surface area contributed by atoms with E-state index < -0.39 is 5.82 Å². The van der Waals surface area contributed by atoms with E-state index in [-0.39, 0.29) is 5.82 Å². The second-order valence-electron chi connectivity index (χ2n) is 2.70. The third-order valence-corrected chi connectivity index (χ3v) is 2.27. The van der Waals surface area contributed by atoms with E-state index >= 15 is 0 Å². The van der Waals surface area contributed by atoms with Gasteiger partial charge in [0.05, 0.1) is 15.5 Å². The van der Waals surface area contributed by atoms with Crippen LogP contribution in [0.2, 0.25) is 0 Å². The summed E-state index contributed by atoms with van der Waals surface area (Å²) in [7, 11) is 0. The zero-order valence-electron chi connectivity index (χ0n) is 7.28. The van der Waals surface area contributed by atoms with Gasteiger partial charge in [-0.2, -0.15) is 5.10 Å². The Labute approximate surface area is 93.3 Å². The Morgan fingerprint density at radius 2 is 2.21 bits per heavy atom. The average Bonchev–Trinajstić information content (AvgIpc) is 2.57.